The summed E-state index contributed by atoms with van der Waals surface area (Å²) in [5.74, 6) is 0.784. The van der Waals surface area contributed by atoms with E-state index >= 15 is 0 Å². The molecule has 0 radical (unpaired) electrons. The van der Waals surface area contributed by atoms with Crippen LogP contribution in [0, 0.1) is 6.92 Å². The lowest BCUT2D eigenvalue weighted by molar-refractivity contribution is 0.841. The maximum atomic E-state index is 5.32. The number of aryl methyl sites for hydroxylation is 1. The number of imidazole rings is 1. The molecule has 4 aromatic carbocycles. The van der Waals surface area contributed by atoms with Gasteiger partial charge >= 0.3 is 0 Å². The molecule has 0 aliphatic heterocycles. The predicted molar refractivity (Wildman–Crippen MR) is 146 cm³/mol. The summed E-state index contributed by atoms with van der Waals surface area (Å²) in [6.07, 6.45) is 0. The van der Waals surface area contributed by atoms with Crippen LogP contribution in [0.2, 0.25) is 0 Å². The molecule has 0 unspecified atom stereocenters. The average Bonchev–Trinajstić information content (AvgIpc) is 3.60. The Labute approximate surface area is 213 Å². The van der Waals surface area contributed by atoms with Crippen LogP contribution in [-0.4, -0.2) is 29.6 Å². The highest BCUT2D eigenvalue weighted by Crippen LogP contribution is 2.40. The van der Waals surface area contributed by atoms with E-state index in [1.807, 2.05) is 42.5 Å². The van der Waals surface area contributed by atoms with Crippen molar-refractivity contribution in [2.45, 2.75) is 6.92 Å². The van der Waals surface area contributed by atoms with Gasteiger partial charge in [-0.25, -0.2) is 4.98 Å². The minimum absolute atomic E-state index is 0.665. The molecule has 37 heavy (non-hydrogen) atoms. The molecule has 0 saturated heterocycles. The molecule has 0 spiro atoms. The van der Waals surface area contributed by atoms with Gasteiger partial charge in [-0.2, -0.15) is 4.52 Å². The van der Waals surface area contributed by atoms with Crippen molar-refractivity contribution in [1.82, 2.24) is 29.6 Å². The standard InChI is InChI=1S/C31H22N6/c1-21-17-18-27-24(19-21)20-26(31-33-34-35-37(27)31)30-32-28(22-11-5-2-6-12-22)29(23-13-7-3-8-14-23)36(30)25-15-9-4-10-16-25/h2-20H,1H3. The third-order valence-electron chi connectivity index (χ3n) is 6.65. The third kappa shape index (κ3) is 3.50. The third-order valence-corrected chi connectivity index (χ3v) is 6.65. The SMILES string of the molecule is Cc1ccc2c(c1)cc(-c1nc(-c3ccccc3)c(-c3ccccc3)n1-c1ccccc1)c1nnnn12. The Morgan fingerprint density at radius 3 is 2.08 bits per heavy atom. The van der Waals surface area contributed by atoms with Gasteiger partial charge in [0.1, 0.15) is 5.82 Å². The number of rotatable bonds is 4. The van der Waals surface area contributed by atoms with Gasteiger partial charge in [-0.3, -0.25) is 4.57 Å². The highest BCUT2D eigenvalue weighted by atomic mass is 15.5. The van der Waals surface area contributed by atoms with Gasteiger partial charge in [0.25, 0.3) is 0 Å². The molecule has 6 heteroatoms. The van der Waals surface area contributed by atoms with Gasteiger partial charge in [0, 0.05) is 22.2 Å². The molecular formula is C31H22N6. The van der Waals surface area contributed by atoms with E-state index in [1.165, 1.54) is 5.56 Å². The maximum Gasteiger partial charge on any atom is 0.190 e. The van der Waals surface area contributed by atoms with Gasteiger partial charge in [-0.05, 0) is 47.7 Å². The largest absolute Gasteiger partial charge is 0.292 e. The Morgan fingerprint density at radius 1 is 0.676 bits per heavy atom. The molecule has 3 aromatic heterocycles. The summed E-state index contributed by atoms with van der Waals surface area (Å²) in [6, 6.07) is 39.5. The molecule has 0 N–H and O–H groups in total. The minimum atomic E-state index is 0.665. The van der Waals surface area contributed by atoms with Crippen LogP contribution in [0.4, 0.5) is 0 Å². The Balaban J connectivity index is 1.64. The lowest BCUT2D eigenvalue weighted by Crippen LogP contribution is -2.02. The van der Waals surface area contributed by atoms with Gasteiger partial charge in [-0.15, -0.1) is 5.10 Å². The van der Waals surface area contributed by atoms with Crippen molar-refractivity contribution in [2.24, 2.45) is 0 Å². The number of aromatic nitrogens is 6. The Hall–Kier alpha value is -5.10. The van der Waals surface area contributed by atoms with Gasteiger partial charge in [0.05, 0.1) is 22.5 Å². The van der Waals surface area contributed by atoms with Crippen molar-refractivity contribution in [3.05, 3.63) is 121 Å². The summed E-state index contributed by atoms with van der Waals surface area (Å²) in [6.45, 7) is 2.09. The van der Waals surface area contributed by atoms with E-state index in [2.05, 4.69) is 99.8 Å². The molecule has 0 aliphatic carbocycles. The Kier molecular flexibility index (Phi) is 4.89. The highest BCUT2D eigenvalue weighted by Gasteiger charge is 2.25. The van der Waals surface area contributed by atoms with Crippen LogP contribution in [0.15, 0.2) is 115 Å². The zero-order chi connectivity index (χ0) is 24.8. The maximum absolute atomic E-state index is 5.32. The van der Waals surface area contributed by atoms with Crippen molar-refractivity contribution in [1.29, 1.82) is 0 Å². The summed E-state index contributed by atoms with van der Waals surface area (Å²) >= 11 is 0. The van der Waals surface area contributed by atoms with Crippen molar-refractivity contribution in [3.63, 3.8) is 0 Å². The molecule has 0 amide bonds. The zero-order valence-corrected chi connectivity index (χ0v) is 20.2. The van der Waals surface area contributed by atoms with Gasteiger partial charge in [-0.1, -0.05) is 90.5 Å². The number of fused-ring (bicyclic) bond motifs is 3. The van der Waals surface area contributed by atoms with E-state index in [0.717, 1.165) is 50.5 Å². The van der Waals surface area contributed by atoms with E-state index in [4.69, 9.17) is 4.98 Å². The van der Waals surface area contributed by atoms with Crippen LogP contribution in [-0.2, 0) is 0 Å². The lowest BCUT2D eigenvalue weighted by atomic mass is 10.0. The average molecular weight is 479 g/mol. The topological polar surface area (TPSA) is 60.9 Å². The monoisotopic (exact) mass is 478 g/mol. The fourth-order valence-corrected chi connectivity index (χ4v) is 4.97. The number of tetrazole rings is 1. The fourth-order valence-electron chi connectivity index (χ4n) is 4.97. The first-order valence-electron chi connectivity index (χ1n) is 12.2. The summed E-state index contributed by atoms with van der Waals surface area (Å²) in [5, 5.41) is 13.9. The van der Waals surface area contributed by atoms with E-state index in [9.17, 15) is 0 Å². The number of hydrogen-bond donors (Lipinski definition) is 0. The quantitative estimate of drug-likeness (QED) is 0.280. The molecule has 7 aromatic rings. The number of benzene rings is 4. The predicted octanol–water partition coefficient (Wildman–Crippen LogP) is 6.77. The number of pyridine rings is 1. The first-order valence-corrected chi connectivity index (χ1v) is 12.2. The second kappa shape index (κ2) is 8.53. The highest BCUT2D eigenvalue weighted by molar-refractivity contribution is 5.93. The van der Waals surface area contributed by atoms with Crippen molar-refractivity contribution in [2.75, 3.05) is 0 Å². The Morgan fingerprint density at radius 2 is 1.35 bits per heavy atom. The molecule has 176 valence electrons. The number of hydrogen-bond acceptors (Lipinski definition) is 4. The number of para-hydroxylation sites is 1. The molecular weight excluding hydrogens is 456 g/mol. The molecule has 0 fully saturated rings. The Bertz CT molecular complexity index is 1870. The van der Waals surface area contributed by atoms with E-state index in [-0.39, 0.29) is 0 Å². The van der Waals surface area contributed by atoms with Crippen molar-refractivity contribution in [3.8, 4) is 39.6 Å². The molecule has 7 rings (SSSR count). The molecule has 0 atom stereocenters. The summed E-state index contributed by atoms with van der Waals surface area (Å²) in [4.78, 5) is 5.32. The normalized spacial score (nSPS) is 11.4. The van der Waals surface area contributed by atoms with E-state index < -0.39 is 0 Å². The summed E-state index contributed by atoms with van der Waals surface area (Å²) in [5.41, 5.74) is 8.72. The van der Waals surface area contributed by atoms with Crippen LogP contribution in [0.3, 0.4) is 0 Å². The first-order chi connectivity index (χ1) is 18.3. The second-order valence-corrected chi connectivity index (χ2v) is 9.07. The smallest absolute Gasteiger partial charge is 0.190 e. The lowest BCUT2D eigenvalue weighted by Gasteiger charge is -2.14. The van der Waals surface area contributed by atoms with Gasteiger partial charge in [0.15, 0.2) is 5.65 Å². The molecule has 0 bridgehead atoms. The van der Waals surface area contributed by atoms with Crippen LogP contribution in [0.25, 0.3) is 56.1 Å². The number of nitrogens with zero attached hydrogens (tertiary/aromatic N) is 6. The summed E-state index contributed by atoms with van der Waals surface area (Å²) in [7, 11) is 0. The first kappa shape index (κ1) is 21.2. The van der Waals surface area contributed by atoms with Crippen LogP contribution < -0.4 is 0 Å². The summed E-state index contributed by atoms with van der Waals surface area (Å²) < 4.78 is 4.03. The van der Waals surface area contributed by atoms with Crippen LogP contribution in [0.5, 0.6) is 0 Å². The molecule has 0 saturated carbocycles. The fraction of sp³-hybridized carbons (Fsp3) is 0.0323. The van der Waals surface area contributed by atoms with E-state index in [1.54, 1.807) is 4.52 Å². The zero-order valence-electron chi connectivity index (χ0n) is 20.2. The van der Waals surface area contributed by atoms with Gasteiger partial charge in [0.2, 0.25) is 0 Å². The molecule has 6 nitrogen and oxygen atoms in total. The second-order valence-electron chi connectivity index (χ2n) is 9.07. The van der Waals surface area contributed by atoms with Crippen LogP contribution in [0.1, 0.15) is 5.56 Å². The van der Waals surface area contributed by atoms with Crippen LogP contribution >= 0.6 is 0 Å². The van der Waals surface area contributed by atoms with Crippen molar-refractivity contribution < 1.29 is 0 Å². The van der Waals surface area contributed by atoms with Crippen molar-refractivity contribution >= 4 is 16.6 Å². The molecule has 0 aliphatic rings. The van der Waals surface area contributed by atoms with E-state index in [0.29, 0.717) is 5.65 Å². The minimum Gasteiger partial charge on any atom is -0.292 e. The van der Waals surface area contributed by atoms with Gasteiger partial charge < -0.3 is 0 Å². The molecule has 3 heterocycles.